The highest BCUT2D eigenvalue weighted by atomic mass is 32.2. The van der Waals surface area contributed by atoms with Gasteiger partial charge in [-0.3, -0.25) is 0 Å². The van der Waals surface area contributed by atoms with Crippen LogP contribution in [0.25, 0.3) is 0 Å². The van der Waals surface area contributed by atoms with E-state index < -0.39 is 5.51 Å². The minimum absolute atomic E-state index is 0.0791. The van der Waals surface area contributed by atoms with E-state index in [4.69, 9.17) is 0 Å². The molecule has 0 bridgehead atoms. The lowest BCUT2D eigenvalue weighted by Gasteiger charge is -2.26. The first-order valence-corrected chi connectivity index (χ1v) is 7.90. The number of allylic oxidation sites excluding steroid dienone is 2. The van der Waals surface area contributed by atoms with Gasteiger partial charge in [0, 0.05) is 17.1 Å². The minimum Gasteiger partial charge on any atom is -0.385 e. The van der Waals surface area contributed by atoms with Crippen molar-refractivity contribution in [1.82, 2.24) is 0 Å². The largest absolute Gasteiger partial charge is 0.446 e. The first-order valence-electron chi connectivity index (χ1n) is 7.09. The summed E-state index contributed by atoms with van der Waals surface area (Å²) in [5.74, 6) is 1.20. The van der Waals surface area contributed by atoms with E-state index in [2.05, 4.69) is 25.2 Å². The molecule has 0 aromatic heterocycles. The van der Waals surface area contributed by atoms with Crippen molar-refractivity contribution in [2.24, 2.45) is 11.8 Å². The molecule has 21 heavy (non-hydrogen) atoms. The summed E-state index contributed by atoms with van der Waals surface area (Å²) in [4.78, 5) is 0.220. The molecule has 0 amide bonds. The molecular formula is C16H20F3NS. The molecule has 2 unspecified atom stereocenters. The van der Waals surface area contributed by atoms with Crippen LogP contribution in [0.15, 0.2) is 40.8 Å². The van der Waals surface area contributed by atoms with Gasteiger partial charge >= 0.3 is 5.51 Å². The molecule has 0 fully saturated rings. The van der Waals surface area contributed by atoms with Crippen molar-refractivity contribution in [3.05, 3.63) is 35.9 Å². The van der Waals surface area contributed by atoms with Gasteiger partial charge in [-0.25, -0.2) is 0 Å². The van der Waals surface area contributed by atoms with Gasteiger partial charge in [0.1, 0.15) is 0 Å². The van der Waals surface area contributed by atoms with Gasteiger partial charge in [-0.05, 0) is 67.6 Å². The molecule has 1 aliphatic carbocycles. The molecule has 1 aromatic rings. The highest BCUT2D eigenvalue weighted by Crippen LogP contribution is 2.37. The number of hydrogen-bond donors (Lipinski definition) is 1. The monoisotopic (exact) mass is 315 g/mol. The molecule has 0 heterocycles. The molecule has 0 spiro atoms. The Balaban J connectivity index is 1.85. The van der Waals surface area contributed by atoms with Crippen LogP contribution >= 0.6 is 11.8 Å². The van der Waals surface area contributed by atoms with Crippen LogP contribution in [0, 0.1) is 11.8 Å². The zero-order valence-electron chi connectivity index (χ0n) is 12.2. The van der Waals surface area contributed by atoms with Crippen LogP contribution in [-0.4, -0.2) is 12.1 Å². The lowest BCUT2D eigenvalue weighted by Crippen LogP contribution is -2.20. The lowest BCUT2D eigenvalue weighted by molar-refractivity contribution is -0.0328. The van der Waals surface area contributed by atoms with Gasteiger partial charge in [-0.1, -0.05) is 18.6 Å². The fraction of sp³-hybridized carbons (Fsp3) is 0.500. The average Bonchev–Trinajstić information content (AvgIpc) is 2.35. The Labute approximate surface area is 128 Å². The molecule has 2 atom stereocenters. The van der Waals surface area contributed by atoms with Crippen LogP contribution in [0.3, 0.4) is 0 Å². The molecule has 116 valence electrons. The minimum atomic E-state index is -4.23. The number of hydrogen-bond acceptors (Lipinski definition) is 2. The van der Waals surface area contributed by atoms with E-state index in [1.165, 1.54) is 17.7 Å². The van der Waals surface area contributed by atoms with Crippen LogP contribution in [0.4, 0.5) is 18.9 Å². The van der Waals surface area contributed by atoms with Crippen molar-refractivity contribution in [1.29, 1.82) is 0 Å². The number of benzene rings is 1. The SMILES string of the molecule is CC1=CC(C)CC(CNc2ccc(SC(F)(F)F)cc2)C1. The fourth-order valence-electron chi connectivity index (χ4n) is 2.88. The van der Waals surface area contributed by atoms with E-state index >= 15 is 0 Å². The maximum Gasteiger partial charge on any atom is 0.446 e. The molecule has 5 heteroatoms. The Morgan fingerprint density at radius 2 is 1.90 bits per heavy atom. The first-order chi connectivity index (χ1) is 9.82. The third-order valence-electron chi connectivity index (χ3n) is 3.57. The normalized spacial score (nSPS) is 22.8. The van der Waals surface area contributed by atoms with E-state index in [-0.39, 0.29) is 16.7 Å². The van der Waals surface area contributed by atoms with Crippen molar-refractivity contribution < 1.29 is 13.2 Å². The van der Waals surface area contributed by atoms with Crippen LogP contribution in [0.1, 0.15) is 26.7 Å². The second-order valence-corrected chi connectivity index (χ2v) is 6.89. The van der Waals surface area contributed by atoms with Crippen LogP contribution in [0.2, 0.25) is 0 Å². The third-order valence-corrected chi connectivity index (χ3v) is 4.31. The molecule has 0 radical (unpaired) electrons. The zero-order chi connectivity index (χ0) is 15.5. The van der Waals surface area contributed by atoms with Crippen LogP contribution in [-0.2, 0) is 0 Å². The number of nitrogens with one attached hydrogen (secondary N) is 1. The smallest absolute Gasteiger partial charge is 0.385 e. The maximum atomic E-state index is 12.2. The Hall–Kier alpha value is -1.10. The molecule has 0 saturated heterocycles. The van der Waals surface area contributed by atoms with Crippen LogP contribution < -0.4 is 5.32 Å². The Kier molecular flexibility index (Phi) is 5.25. The highest BCUT2D eigenvalue weighted by molar-refractivity contribution is 8.00. The number of anilines is 1. The summed E-state index contributed by atoms with van der Waals surface area (Å²) in [6.07, 6.45) is 4.57. The summed E-state index contributed by atoms with van der Waals surface area (Å²) in [6.45, 7) is 5.24. The zero-order valence-corrected chi connectivity index (χ0v) is 13.0. The van der Waals surface area contributed by atoms with E-state index in [1.54, 1.807) is 12.1 Å². The predicted octanol–water partition coefficient (Wildman–Crippen LogP) is 5.70. The summed E-state index contributed by atoms with van der Waals surface area (Å²) in [6, 6.07) is 6.44. The van der Waals surface area contributed by atoms with Crippen molar-refractivity contribution in [2.75, 3.05) is 11.9 Å². The van der Waals surface area contributed by atoms with Crippen molar-refractivity contribution in [3.63, 3.8) is 0 Å². The topological polar surface area (TPSA) is 12.0 Å². The van der Waals surface area contributed by atoms with Crippen molar-refractivity contribution >= 4 is 17.4 Å². The highest BCUT2D eigenvalue weighted by Gasteiger charge is 2.29. The molecule has 1 aromatic carbocycles. The molecule has 0 saturated carbocycles. The Morgan fingerprint density at radius 3 is 2.48 bits per heavy atom. The Morgan fingerprint density at radius 1 is 1.24 bits per heavy atom. The van der Waals surface area contributed by atoms with Crippen LogP contribution in [0.5, 0.6) is 0 Å². The second-order valence-electron chi connectivity index (χ2n) is 5.75. The predicted molar refractivity (Wildman–Crippen MR) is 82.5 cm³/mol. The van der Waals surface area contributed by atoms with Gasteiger partial charge in [0.15, 0.2) is 0 Å². The molecule has 1 aliphatic rings. The molecule has 0 aliphatic heterocycles. The van der Waals surface area contributed by atoms with E-state index in [0.29, 0.717) is 11.8 Å². The summed E-state index contributed by atoms with van der Waals surface area (Å²) in [5, 5.41) is 3.33. The van der Waals surface area contributed by atoms with E-state index in [9.17, 15) is 13.2 Å². The van der Waals surface area contributed by atoms with E-state index in [1.807, 2.05) is 0 Å². The fourth-order valence-corrected chi connectivity index (χ4v) is 3.42. The third kappa shape index (κ3) is 5.65. The Bertz CT molecular complexity index is 493. The van der Waals surface area contributed by atoms with Gasteiger partial charge in [-0.15, -0.1) is 0 Å². The van der Waals surface area contributed by atoms with Gasteiger partial charge < -0.3 is 5.32 Å². The molecular weight excluding hydrogens is 295 g/mol. The van der Waals surface area contributed by atoms with Gasteiger partial charge in [0.2, 0.25) is 0 Å². The summed E-state index contributed by atoms with van der Waals surface area (Å²) < 4.78 is 36.7. The number of alkyl halides is 3. The number of halogens is 3. The van der Waals surface area contributed by atoms with Gasteiger partial charge in [-0.2, -0.15) is 13.2 Å². The first kappa shape index (κ1) is 16.3. The standard InChI is InChI=1S/C16H20F3NS/c1-11-7-12(2)9-13(8-11)10-20-14-3-5-15(6-4-14)21-16(17,18)19/h3-7,11,13,20H,8-10H2,1-2H3. The van der Waals surface area contributed by atoms with Crippen molar-refractivity contribution in [2.45, 2.75) is 37.1 Å². The molecule has 2 rings (SSSR count). The number of rotatable bonds is 4. The average molecular weight is 315 g/mol. The maximum absolute atomic E-state index is 12.2. The summed E-state index contributed by atoms with van der Waals surface area (Å²) in [5.41, 5.74) is -1.92. The summed E-state index contributed by atoms with van der Waals surface area (Å²) in [7, 11) is 0. The molecule has 1 N–H and O–H groups in total. The molecule has 1 nitrogen and oxygen atoms in total. The van der Waals surface area contributed by atoms with Crippen molar-refractivity contribution in [3.8, 4) is 0 Å². The lowest BCUT2D eigenvalue weighted by atomic mass is 9.84. The number of thioether (sulfide) groups is 1. The second kappa shape index (κ2) is 6.77. The summed E-state index contributed by atoms with van der Waals surface area (Å²) >= 11 is -0.0791. The van der Waals surface area contributed by atoms with Gasteiger partial charge in [0.25, 0.3) is 0 Å². The van der Waals surface area contributed by atoms with Gasteiger partial charge in [0.05, 0.1) is 0 Å². The van der Waals surface area contributed by atoms with E-state index in [0.717, 1.165) is 25.1 Å². The quantitative estimate of drug-likeness (QED) is 0.565.